The van der Waals surface area contributed by atoms with Crippen molar-refractivity contribution in [2.75, 3.05) is 0 Å². The summed E-state index contributed by atoms with van der Waals surface area (Å²) in [6, 6.07) is 51.3. The third kappa shape index (κ3) is 3.59. The van der Waals surface area contributed by atoms with Crippen molar-refractivity contribution in [3.63, 3.8) is 0 Å². The van der Waals surface area contributed by atoms with E-state index >= 15 is 0 Å². The molecule has 9 rings (SSSR count). The van der Waals surface area contributed by atoms with Gasteiger partial charge in [-0.2, -0.15) is 0 Å². The van der Waals surface area contributed by atoms with Crippen LogP contribution in [0.15, 0.2) is 146 Å². The lowest BCUT2D eigenvalue weighted by Crippen LogP contribution is -1.94. The molecule has 0 amide bonds. The Labute approximate surface area is 248 Å². The van der Waals surface area contributed by atoms with Crippen LogP contribution < -0.4 is 0 Å². The fraction of sp³-hybridized carbons (Fsp3) is 0.0500. The largest absolute Gasteiger partial charge is 0.309 e. The summed E-state index contributed by atoms with van der Waals surface area (Å²) in [7, 11) is 0. The van der Waals surface area contributed by atoms with Crippen molar-refractivity contribution in [3.8, 4) is 5.69 Å². The van der Waals surface area contributed by atoms with Gasteiger partial charge in [-0.15, -0.1) is 11.8 Å². The fourth-order valence-corrected chi connectivity index (χ4v) is 8.20. The van der Waals surface area contributed by atoms with Crippen molar-refractivity contribution in [1.29, 1.82) is 0 Å². The van der Waals surface area contributed by atoms with Gasteiger partial charge in [-0.3, -0.25) is 0 Å². The minimum Gasteiger partial charge on any atom is -0.309 e. The summed E-state index contributed by atoms with van der Waals surface area (Å²) < 4.78 is 2.39. The van der Waals surface area contributed by atoms with Crippen molar-refractivity contribution < 1.29 is 0 Å². The highest BCUT2D eigenvalue weighted by Gasteiger charge is 2.23. The molecule has 1 aromatic heterocycles. The number of rotatable bonds is 3. The number of hydrogen-bond acceptors (Lipinski definition) is 1. The second-order valence-corrected chi connectivity index (χ2v) is 12.5. The lowest BCUT2D eigenvalue weighted by molar-refractivity contribution is 0.993. The van der Waals surface area contributed by atoms with Gasteiger partial charge >= 0.3 is 0 Å². The molecule has 0 aliphatic carbocycles. The topological polar surface area (TPSA) is 4.93 Å². The molecule has 7 aromatic carbocycles. The normalized spacial score (nSPS) is 15.3. The molecule has 1 nitrogen and oxygen atoms in total. The zero-order valence-electron chi connectivity index (χ0n) is 23.0. The Bertz CT molecular complexity index is 2320. The van der Waals surface area contributed by atoms with Crippen LogP contribution in [0.2, 0.25) is 0 Å². The van der Waals surface area contributed by atoms with Crippen LogP contribution in [0.4, 0.5) is 0 Å². The quantitative estimate of drug-likeness (QED) is 0.197. The summed E-state index contributed by atoms with van der Waals surface area (Å²) in [6.45, 7) is 0. The molecule has 198 valence electrons. The van der Waals surface area contributed by atoms with E-state index in [4.69, 9.17) is 0 Å². The summed E-state index contributed by atoms with van der Waals surface area (Å²) in [4.78, 5) is 1.38. The van der Waals surface area contributed by atoms with Gasteiger partial charge in [-0.05, 0) is 86.3 Å². The van der Waals surface area contributed by atoms with Gasteiger partial charge in [-0.1, -0.05) is 109 Å². The first-order chi connectivity index (χ1) is 20.8. The zero-order chi connectivity index (χ0) is 27.6. The Kier molecular flexibility index (Phi) is 5.33. The maximum Gasteiger partial charge on any atom is 0.0541 e. The maximum atomic E-state index is 2.44. The summed E-state index contributed by atoms with van der Waals surface area (Å²) in [5.41, 5.74) is 6.43. The molecule has 42 heavy (non-hydrogen) atoms. The molecule has 1 atom stereocenters. The first kappa shape index (κ1) is 23.9. The van der Waals surface area contributed by atoms with E-state index in [-0.39, 0.29) is 0 Å². The molecule has 1 aliphatic rings. The van der Waals surface area contributed by atoms with Crippen molar-refractivity contribution in [2.45, 2.75) is 11.7 Å². The zero-order valence-corrected chi connectivity index (χ0v) is 23.8. The van der Waals surface area contributed by atoms with E-state index < -0.39 is 0 Å². The molecule has 0 saturated heterocycles. The molecule has 8 aromatic rings. The summed E-state index contributed by atoms with van der Waals surface area (Å²) in [5.74, 6) is 0. The van der Waals surface area contributed by atoms with Gasteiger partial charge in [-0.25, -0.2) is 0 Å². The minimum absolute atomic E-state index is 0.410. The first-order valence-electron chi connectivity index (χ1n) is 14.6. The minimum atomic E-state index is 0.410. The molecule has 0 N–H and O–H groups in total. The standard InChI is InChI=1S/C40H27NS/c1-2-10-28(11-3-1)41-37-17-9-8-16-34(37)36-25-27(19-21-38(36)41)40-23-22-39(42-40)26-18-20-33-31-14-5-4-12-29(31)30-13-6-7-15-32(30)35(33)24-26/h1-22,24-25,40H,23H2. The molecule has 1 unspecified atom stereocenters. The van der Waals surface area contributed by atoms with Gasteiger partial charge in [0.05, 0.1) is 11.0 Å². The van der Waals surface area contributed by atoms with E-state index in [9.17, 15) is 0 Å². The van der Waals surface area contributed by atoms with E-state index in [0.717, 1.165) is 6.42 Å². The van der Waals surface area contributed by atoms with E-state index in [1.807, 2.05) is 11.8 Å². The second kappa shape index (κ2) is 9.37. The summed E-state index contributed by atoms with van der Waals surface area (Å²) in [5, 5.41) is 11.0. The van der Waals surface area contributed by atoms with Crippen molar-refractivity contribution in [1.82, 2.24) is 4.57 Å². The number of hydrogen-bond donors (Lipinski definition) is 0. The SMILES string of the molecule is C1=C(c2ccc3c4ccccc4c4ccccc4c3c2)SC(c2ccc3c(c2)c2ccccc2n3-c2ccccc2)C1. The number of aromatic nitrogens is 1. The number of nitrogens with zero attached hydrogens (tertiary/aromatic N) is 1. The van der Waals surface area contributed by atoms with Crippen molar-refractivity contribution >= 4 is 70.8 Å². The molecule has 0 bridgehead atoms. The molecule has 2 heteroatoms. The Morgan fingerprint density at radius 2 is 1.07 bits per heavy atom. The molecular weight excluding hydrogens is 527 g/mol. The Balaban J connectivity index is 1.11. The van der Waals surface area contributed by atoms with Crippen molar-refractivity contribution in [3.05, 3.63) is 157 Å². The van der Waals surface area contributed by atoms with Crippen LogP contribution in [0.3, 0.4) is 0 Å². The van der Waals surface area contributed by atoms with Crippen LogP contribution in [0.1, 0.15) is 22.8 Å². The number of para-hydroxylation sites is 2. The maximum absolute atomic E-state index is 2.44. The van der Waals surface area contributed by atoms with Crippen LogP contribution >= 0.6 is 11.8 Å². The lowest BCUT2D eigenvalue weighted by atomic mass is 9.93. The molecule has 0 saturated carbocycles. The highest BCUT2D eigenvalue weighted by Crippen LogP contribution is 2.50. The van der Waals surface area contributed by atoms with Crippen molar-refractivity contribution in [2.24, 2.45) is 0 Å². The smallest absolute Gasteiger partial charge is 0.0541 e. The number of thioether (sulfide) groups is 1. The number of benzene rings is 7. The Morgan fingerprint density at radius 3 is 1.81 bits per heavy atom. The average Bonchev–Trinajstić information content (AvgIpc) is 3.69. The van der Waals surface area contributed by atoms with Gasteiger partial charge in [0.15, 0.2) is 0 Å². The van der Waals surface area contributed by atoms with Crippen LogP contribution in [0.25, 0.3) is 64.7 Å². The molecule has 0 fully saturated rings. The van der Waals surface area contributed by atoms with E-state index in [1.165, 1.54) is 75.8 Å². The molecular formula is C40H27NS. The molecule has 0 spiro atoms. The highest BCUT2D eigenvalue weighted by molar-refractivity contribution is 8.08. The monoisotopic (exact) mass is 553 g/mol. The highest BCUT2D eigenvalue weighted by atomic mass is 32.2. The van der Waals surface area contributed by atoms with E-state index in [0.29, 0.717) is 5.25 Å². The van der Waals surface area contributed by atoms with Gasteiger partial charge in [0, 0.05) is 26.6 Å². The van der Waals surface area contributed by atoms with Crippen LogP contribution in [0.5, 0.6) is 0 Å². The Morgan fingerprint density at radius 1 is 0.476 bits per heavy atom. The van der Waals surface area contributed by atoms with E-state index in [2.05, 4.69) is 150 Å². The Hall–Kier alpha value is -4.79. The average molecular weight is 554 g/mol. The second-order valence-electron chi connectivity index (χ2n) is 11.2. The van der Waals surface area contributed by atoms with Gasteiger partial charge < -0.3 is 4.57 Å². The third-order valence-corrected chi connectivity index (χ3v) is 10.3. The third-order valence-electron chi connectivity index (χ3n) is 8.90. The van der Waals surface area contributed by atoms with E-state index in [1.54, 1.807) is 0 Å². The predicted molar refractivity (Wildman–Crippen MR) is 183 cm³/mol. The van der Waals surface area contributed by atoms with Crippen LogP contribution in [-0.4, -0.2) is 4.57 Å². The van der Waals surface area contributed by atoms with Gasteiger partial charge in [0.25, 0.3) is 0 Å². The predicted octanol–water partition coefficient (Wildman–Crippen LogP) is 11.5. The lowest BCUT2D eigenvalue weighted by Gasteiger charge is -2.14. The summed E-state index contributed by atoms with van der Waals surface area (Å²) >= 11 is 2.01. The van der Waals surface area contributed by atoms with Crippen LogP contribution in [-0.2, 0) is 0 Å². The van der Waals surface area contributed by atoms with Crippen LogP contribution in [0, 0.1) is 0 Å². The fourth-order valence-electron chi connectivity index (χ4n) is 6.96. The number of fused-ring (bicyclic) bond motifs is 9. The molecule has 0 radical (unpaired) electrons. The molecule has 1 aliphatic heterocycles. The van der Waals surface area contributed by atoms with Gasteiger partial charge in [0.2, 0.25) is 0 Å². The first-order valence-corrected chi connectivity index (χ1v) is 15.5. The summed E-state index contributed by atoms with van der Waals surface area (Å²) in [6.07, 6.45) is 3.48. The number of allylic oxidation sites excluding steroid dienone is 1. The molecule has 2 heterocycles. The van der Waals surface area contributed by atoms with Gasteiger partial charge in [0.1, 0.15) is 0 Å².